The van der Waals surface area contributed by atoms with Gasteiger partial charge in [-0.05, 0) is 91.6 Å². The molecule has 0 unspecified atom stereocenters. The largest absolute Gasteiger partial charge is 0.481 e. The third-order valence-corrected chi connectivity index (χ3v) is 10.3. The van der Waals surface area contributed by atoms with E-state index in [1.807, 2.05) is 183 Å². The summed E-state index contributed by atoms with van der Waals surface area (Å²) in [6, 6.07) is 53.7. The average molecular weight is 1110 g/mol. The molecule has 0 aliphatic carbocycles. The molecule has 432 valence electrons. The number of nitrogens with one attached hydrogen (secondary N) is 4. The van der Waals surface area contributed by atoms with Gasteiger partial charge >= 0.3 is 11.9 Å². The zero-order valence-electron chi connectivity index (χ0n) is 48.8. The van der Waals surface area contributed by atoms with Gasteiger partial charge in [-0.25, -0.2) is 16.5 Å². The first kappa shape index (κ1) is 71.7. The van der Waals surface area contributed by atoms with E-state index in [1.165, 1.54) is 10.8 Å². The molecule has 9 rings (SSSR count). The number of carbonyl (C=O) groups excluding carboxylic acids is 4. The Morgan fingerprint density at radius 1 is 0.420 bits per heavy atom. The first-order valence-electron chi connectivity index (χ1n) is 27.1. The van der Waals surface area contributed by atoms with Gasteiger partial charge < -0.3 is 14.6 Å². The Morgan fingerprint density at radius 2 is 0.778 bits per heavy atom. The molecular formula is C64H82N8O9. The van der Waals surface area contributed by atoms with Gasteiger partial charge in [-0.1, -0.05) is 204 Å². The molecule has 17 heteroatoms. The zero-order chi connectivity index (χ0) is 61.1. The van der Waals surface area contributed by atoms with Crippen LogP contribution in [0.3, 0.4) is 0 Å². The number of fused-ring (bicyclic) bond motifs is 4. The number of nitrogens with zero attached hydrogens (tertiary/aromatic N) is 2. The Balaban J connectivity index is 0.000000959. The summed E-state index contributed by atoms with van der Waals surface area (Å²) >= 11 is 0. The van der Waals surface area contributed by atoms with E-state index in [0.717, 1.165) is 44.3 Å². The maximum atomic E-state index is 11.8. The Bertz CT molecular complexity index is 3280. The van der Waals surface area contributed by atoms with E-state index >= 15 is 0 Å². The number of aryl methyl sites for hydroxylation is 1. The Hall–Kier alpha value is -9.32. The van der Waals surface area contributed by atoms with Crippen LogP contribution in [0.2, 0.25) is 0 Å². The van der Waals surface area contributed by atoms with Crippen molar-refractivity contribution in [2.75, 3.05) is 0 Å². The van der Waals surface area contributed by atoms with E-state index in [0.29, 0.717) is 41.3 Å². The summed E-state index contributed by atoms with van der Waals surface area (Å²) in [6.45, 7) is 23.1. The molecule has 4 amide bonds. The fraction of sp³-hybridized carbons (Fsp3) is 0.250. The molecule has 0 aliphatic heterocycles. The SMILES string of the molecule is CC.CC.CC.CC.CCC(=O)NN.CCC(=O)NNC(=O)c1ccc2ccccc2c1.CCC(=O)O.CCc1nnc(-c2ccc3ccccc3c2)o1.NNC(=O)c1ccc2ccccc2c1.O=C(O)c1ccc2ccccc2c1. The number of amides is 4. The molecule has 1 heterocycles. The van der Waals surface area contributed by atoms with Crippen molar-refractivity contribution in [2.24, 2.45) is 11.7 Å². The topological polar surface area (TPSA) is 282 Å². The molecule has 0 radical (unpaired) electrons. The predicted octanol–water partition coefficient (Wildman–Crippen LogP) is 13.4. The van der Waals surface area contributed by atoms with Gasteiger partial charge in [-0.15, -0.1) is 10.2 Å². The molecule has 8 aromatic carbocycles. The number of aliphatic carboxylic acids is 1. The van der Waals surface area contributed by atoms with Crippen LogP contribution >= 0.6 is 0 Å². The number of aromatic carboxylic acids is 1. The predicted molar refractivity (Wildman–Crippen MR) is 329 cm³/mol. The van der Waals surface area contributed by atoms with Crippen LogP contribution < -0.4 is 33.4 Å². The van der Waals surface area contributed by atoms with E-state index < -0.39 is 11.9 Å². The molecule has 1 aromatic heterocycles. The lowest BCUT2D eigenvalue weighted by atomic mass is 10.1. The summed E-state index contributed by atoms with van der Waals surface area (Å²) in [5, 5.41) is 33.1. The van der Waals surface area contributed by atoms with Gasteiger partial charge in [0.25, 0.3) is 11.8 Å². The number of nitrogens with two attached hydrogens (primary N) is 2. The molecule has 0 fully saturated rings. The number of carbonyl (C=O) groups is 6. The smallest absolute Gasteiger partial charge is 0.335 e. The van der Waals surface area contributed by atoms with Crippen molar-refractivity contribution in [3.63, 3.8) is 0 Å². The number of aromatic nitrogens is 2. The molecule has 0 atom stereocenters. The number of hydrazine groups is 3. The lowest BCUT2D eigenvalue weighted by Crippen LogP contribution is -2.41. The standard InChI is InChI=1S/C14H14N2O2.C14H12N2O.C11H10N2O.C11H8O2.C3H8N2O.C3H6O2.4C2H6/c1-2-13(17)15-16-14(18)12-8-7-10-5-3-4-6-11(10)9-12;1-2-13-15-16-14(17-13)12-8-7-10-5-3-4-6-11(10)9-12;12-13-11(14)10-6-5-8-3-1-2-4-9(8)7-10;12-11(13)10-6-5-8-3-1-2-4-9(8)7-10;1-2-3(6)5-4;1-2-3(4)5;4*1-2/h3-9H,2H2,1H3,(H,15,17)(H,16,18);3-9H,2H2,1H3;1-7H,12H2,(H,13,14);1-7H,(H,12,13);2,4H2,1H3,(H,5,6);2H2,1H3,(H,4,5);4*1-2H3. The summed E-state index contributed by atoms with van der Waals surface area (Å²) in [7, 11) is 0. The van der Waals surface area contributed by atoms with Crippen molar-refractivity contribution >= 4 is 78.7 Å². The summed E-state index contributed by atoms with van der Waals surface area (Å²) in [5.41, 5.74) is 11.2. The van der Waals surface area contributed by atoms with Crippen LogP contribution in [0.5, 0.6) is 0 Å². The number of carboxylic acids is 2. The number of benzene rings is 8. The van der Waals surface area contributed by atoms with Crippen LogP contribution in [-0.4, -0.2) is 56.0 Å². The summed E-state index contributed by atoms with van der Waals surface area (Å²) in [4.78, 5) is 64.0. The maximum absolute atomic E-state index is 11.8. The van der Waals surface area contributed by atoms with Crippen LogP contribution in [0, 0.1) is 0 Å². The monoisotopic (exact) mass is 1110 g/mol. The van der Waals surface area contributed by atoms with Crippen molar-refractivity contribution < 1.29 is 43.4 Å². The highest BCUT2D eigenvalue weighted by Gasteiger charge is 2.09. The van der Waals surface area contributed by atoms with Gasteiger partial charge in [0.2, 0.25) is 23.6 Å². The molecule has 17 nitrogen and oxygen atoms in total. The number of carboxylic acid groups (broad SMARTS) is 2. The highest BCUT2D eigenvalue weighted by Crippen LogP contribution is 2.24. The van der Waals surface area contributed by atoms with Crippen molar-refractivity contribution in [3.05, 3.63) is 192 Å². The molecule has 0 saturated carbocycles. The van der Waals surface area contributed by atoms with E-state index in [9.17, 15) is 28.8 Å². The first-order valence-corrected chi connectivity index (χ1v) is 27.1. The third kappa shape index (κ3) is 26.3. The summed E-state index contributed by atoms with van der Waals surface area (Å²) in [5.74, 6) is 8.43. The van der Waals surface area contributed by atoms with Crippen LogP contribution in [0.25, 0.3) is 54.5 Å². The van der Waals surface area contributed by atoms with Crippen LogP contribution in [-0.2, 0) is 20.8 Å². The minimum Gasteiger partial charge on any atom is -0.481 e. The quantitative estimate of drug-likeness (QED) is 0.0400. The minimum atomic E-state index is -0.884. The fourth-order valence-electron chi connectivity index (χ4n) is 6.29. The first-order chi connectivity index (χ1) is 39.2. The Labute approximate surface area is 476 Å². The highest BCUT2D eigenvalue weighted by atomic mass is 16.4. The molecule has 0 aliphatic rings. The number of hydrogen-bond donors (Lipinski definition) is 8. The second kappa shape index (κ2) is 42.7. The van der Waals surface area contributed by atoms with Gasteiger partial charge in [0, 0.05) is 42.4 Å². The number of rotatable bonds is 8. The van der Waals surface area contributed by atoms with Crippen LogP contribution in [0.4, 0.5) is 0 Å². The van der Waals surface area contributed by atoms with Crippen LogP contribution in [0.15, 0.2) is 174 Å². The van der Waals surface area contributed by atoms with Gasteiger partial charge in [0.15, 0.2) is 0 Å². The molecule has 0 spiro atoms. The molecule has 0 bridgehead atoms. The molecule has 9 aromatic rings. The molecule has 81 heavy (non-hydrogen) atoms. The van der Waals surface area contributed by atoms with E-state index in [-0.39, 0.29) is 30.0 Å². The highest BCUT2D eigenvalue weighted by molar-refractivity contribution is 6.00. The average Bonchev–Trinajstić information content (AvgIpc) is 4.05. The second-order valence-electron chi connectivity index (χ2n) is 15.4. The van der Waals surface area contributed by atoms with Crippen LogP contribution in [0.1, 0.15) is 139 Å². The zero-order valence-corrected chi connectivity index (χ0v) is 48.8. The van der Waals surface area contributed by atoms with Gasteiger partial charge in [-0.2, -0.15) is 0 Å². The molecule has 10 N–H and O–H groups in total. The number of nitrogen functional groups attached to an aromatic ring is 1. The third-order valence-electron chi connectivity index (χ3n) is 10.3. The van der Waals surface area contributed by atoms with Gasteiger partial charge in [-0.3, -0.25) is 45.7 Å². The van der Waals surface area contributed by atoms with Crippen molar-refractivity contribution in [2.45, 2.75) is 109 Å². The molecular weight excluding hydrogens is 1020 g/mol. The van der Waals surface area contributed by atoms with E-state index in [2.05, 4.69) is 56.6 Å². The maximum Gasteiger partial charge on any atom is 0.335 e. The lowest BCUT2D eigenvalue weighted by molar-refractivity contribution is -0.136. The Morgan fingerprint density at radius 3 is 1.11 bits per heavy atom. The van der Waals surface area contributed by atoms with E-state index in [4.69, 9.17) is 20.5 Å². The summed E-state index contributed by atoms with van der Waals surface area (Å²) < 4.78 is 5.55. The fourth-order valence-corrected chi connectivity index (χ4v) is 6.29. The van der Waals surface area contributed by atoms with E-state index in [1.54, 1.807) is 51.1 Å². The summed E-state index contributed by atoms with van der Waals surface area (Å²) in [6.07, 6.45) is 1.77. The minimum absolute atomic E-state index is 0.130. The van der Waals surface area contributed by atoms with Crippen molar-refractivity contribution in [3.8, 4) is 11.5 Å². The lowest BCUT2D eigenvalue weighted by Gasteiger charge is -2.06. The number of hydrogen-bond acceptors (Lipinski definition) is 11. The van der Waals surface area contributed by atoms with Gasteiger partial charge in [0.1, 0.15) is 0 Å². The van der Waals surface area contributed by atoms with Crippen molar-refractivity contribution in [1.29, 1.82) is 0 Å². The Kier molecular flexibility index (Phi) is 37.8. The normalized spacial score (nSPS) is 9.21. The van der Waals surface area contributed by atoms with Crippen molar-refractivity contribution in [1.82, 2.24) is 31.9 Å². The molecule has 0 saturated heterocycles. The second-order valence-corrected chi connectivity index (χ2v) is 15.4. The van der Waals surface area contributed by atoms with Gasteiger partial charge in [0.05, 0.1) is 5.56 Å².